The molecule has 2 aliphatic rings. The molecule has 58 valence electrons. The summed E-state index contributed by atoms with van der Waals surface area (Å²) in [7, 11) is 0. The molecule has 0 aromatic heterocycles. The van der Waals surface area contributed by atoms with Crippen LogP contribution < -0.4 is 10.6 Å². The maximum absolute atomic E-state index is 3.62. The van der Waals surface area contributed by atoms with Gasteiger partial charge in [0.05, 0.1) is 0 Å². The first-order valence-electron chi connectivity index (χ1n) is 4.19. The minimum atomic E-state index is 0.326. The van der Waals surface area contributed by atoms with Crippen molar-refractivity contribution in [1.82, 2.24) is 10.6 Å². The fourth-order valence-corrected chi connectivity index (χ4v) is 2.06. The van der Waals surface area contributed by atoms with E-state index in [2.05, 4.69) is 24.5 Å². The highest BCUT2D eigenvalue weighted by Gasteiger charge is 2.39. The van der Waals surface area contributed by atoms with Crippen molar-refractivity contribution in [2.24, 2.45) is 0 Å². The molecular formula is C8H16N2. The van der Waals surface area contributed by atoms with Gasteiger partial charge in [-0.15, -0.1) is 0 Å². The first kappa shape index (κ1) is 6.62. The molecular weight excluding hydrogens is 124 g/mol. The van der Waals surface area contributed by atoms with E-state index in [1.165, 1.54) is 12.8 Å². The average molecular weight is 140 g/mol. The van der Waals surface area contributed by atoms with Gasteiger partial charge >= 0.3 is 0 Å². The van der Waals surface area contributed by atoms with E-state index in [1.807, 2.05) is 0 Å². The quantitative estimate of drug-likeness (QED) is 0.511. The lowest BCUT2D eigenvalue weighted by Gasteiger charge is -2.38. The number of fused-ring (bicyclic) bond motifs is 2. The molecule has 2 aliphatic heterocycles. The Morgan fingerprint density at radius 1 is 1.30 bits per heavy atom. The van der Waals surface area contributed by atoms with E-state index in [0.717, 1.165) is 12.6 Å². The van der Waals surface area contributed by atoms with Gasteiger partial charge in [0, 0.05) is 24.2 Å². The summed E-state index contributed by atoms with van der Waals surface area (Å²) in [6, 6.07) is 1.48. The van der Waals surface area contributed by atoms with Gasteiger partial charge < -0.3 is 10.6 Å². The lowest BCUT2D eigenvalue weighted by molar-refractivity contribution is 0.246. The molecule has 0 radical (unpaired) electrons. The van der Waals surface area contributed by atoms with Crippen molar-refractivity contribution in [2.45, 2.75) is 44.3 Å². The van der Waals surface area contributed by atoms with Crippen LogP contribution in [0, 0.1) is 0 Å². The molecule has 2 bridgehead atoms. The van der Waals surface area contributed by atoms with Crippen molar-refractivity contribution in [3.8, 4) is 0 Å². The van der Waals surface area contributed by atoms with E-state index in [1.54, 1.807) is 0 Å². The Labute approximate surface area is 62.4 Å². The van der Waals surface area contributed by atoms with Gasteiger partial charge in [0.15, 0.2) is 0 Å². The monoisotopic (exact) mass is 140 g/mol. The molecule has 0 aromatic rings. The molecule has 2 fully saturated rings. The minimum Gasteiger partial charge on any atom is -0.309 e. The lowest BCUT2D eigenvalue weighted by Crippen LogP contribution is -2.61. The van der Waals surface area contributed by atoms with Crippen LogP contribution in [0.5, 0.6) is 0 Å². The molecule has 0 aromatic carbocycles. The maximum Gasteiger partial charge on any atom is 0.0279 e. The van der Waals surface area contributed by atoms with E-state index in [-0.39, 0.29) is 0 Å². The third-order valence-corrected chi connectivity index (χ3v) is 2.92. The van der Waals surface area contributed by atoms with Gasteiger partial charge in [0.1, 0.15) is 0 Å². The van der Waals surface area contributed by atoms with Crippen molar-refractivity contribution in [3.63, 3.8) is 0 Å². The fraction of sp³-hybridized carbons (Fsp3) is 1.00. The molecule has 2 heteroatoms. The second kappa shape index (κ2) is 1.95. The van der Waals surface area contributed by atoms with Crippen molar-refractivity contribution in [3.05, 3.63) is 0 Å². The Balaban J connectivity index is 2.14. The molecule has 2 atom stereocenters. The second-order valence-corrected chi connectivity index (χ2v) is 4.10. The largest absolute Gasteiger partial charge is 0.309 e. The molecule has 2 saturated heterocycles. The topological polar surface area (TPSA) is 24.1 Å². The second-order valence-electron chi connectivity index (χ2n) is 4.10. The summed E-state index contributed by atoms with van der Waals surface area (Å²) in [6.45, 7) is 5.72. The number of hydrogen-bond donors (Lipinski definition) is 2. The SMILES string of the molecule is CC1(C)NCC2CCC1N2. The number of rotatable bonds is 0. The van der Waals surface area contributed by atoms with Crippen LogP contribution in [0.15, 0.2) is 0 Å². The average Bonchev–Trinajstić information content (AvgIpc) is 2.26. The van der Waals surface area contributed by atoms with Crippen molar-refractivity contribution in [1.29, 1.82) is 0 Å². The van der Waals surface area contributed by atoms with E-state index >= 15 is 0 Å². The molecule has 2 rings (SSSR count). The predicted octanol–water partition coefficient (Wildman–Crippen LogP) is 0.489. The van der Waals surface area contributed by atoms with E-state index in [0.29, 0.717) is 11.6 Å². The normalized spacial score (nSPS) is 43.8. The maximum atomic E-state index is 3.62. The Kier molecular flexibility index (Phi) is 1.29. The van der Waals surface area contributed by atoms with Crippen LogP contribution in [0.1, 0.15) is 26.7 Å². The van der Waals surface area contributed by atoms with Gasteiger partial charge in [0.2, 0.25) is 0 Å². The number of hydrogen-bond acceptors (Lipinski definition) is 2. The molecule has 2 nitrogen and oxygen atoms in total. The summed E-state index contributed by atoms with van der Waals surface area (Å²) in [5.74, 6) is 0. The molecule has 2 heterocycles. The smallest absolute Gasteiger partial charge is 0.0279 e. The first-order valence-corrected chi connectivity index (χ1v) is 4.19. The van der Waals surface area contributed by atoms with Crippen molar-refractivity contribution >= 4 is 0 Å². The van der Waals surface area contributed by atoms with Crippen LogP contribution in [0.2, 0.25) is 0 Å². The number of nitrogens with one attached hydrogen (secondary N) is 2. The third-order valence-electron chi connectivity index (χ3n) is 2.92. The van der Waals surface area contributed by atoms with Gasteiger partial charge in [0.25, 0.3) is 0 Å². The van der Waals surface area contributed by atoms with E-state index < -0.39 is 0 Å². The zero-order valence-electron chi connectivity index (χ0n) is 6.78. The Morgan fingerprint density at radius 2 is 2.10 bits per heavy atom. The first-order chi connectivity index (χ1) is 4.68. The van der Waals surface area contributed by atoms with Gasteiger partial charge in [-0.2, -0.15) is 0 Å². The van der Waals surface area contributed by atoms with Crippen LogP contribution in [-0.4, -0.2) is 24.2 Å². The molecule has 2 unspecified atom stereocenters. The van der Waals surface area contributed by atoms with Crippen molar-refractivity contribution < 1.29 is 0 Å². The molecule has 0 aliphatic carbocycles. The Bertz CT molecular complexity index is 142. The third kappa shape index (κ3) is 0.867. The van der Waals surface area contributed by atoms with Crippen molar-refractivity contribution in [2.75, 3.05) is 6.54 Å². The zero-order valence-corrected chi connectivity index (χ0v) is 6.78. The summed E-state index contributed by atoms with van der Waals surface area (Å²) < 4.78 is 0. The van der Waals surface area contributed by atoms with Crippen LogP contribution in [0.3, 0.4) is 0 Å². The zero-order chi connectivity index (χ0) is 7.19. The van der Waals surface area contributed by atoms with Crippen LogP contribution in [0.4, 0.5) is 0 Å². The summed E-state index contributed by atoms with van der Waals surface area (Å²) in [4.78, 5) is 0. The molecule has 0 amide bonds. The standard InChI is InChI=1S/C8H16N2/c1-8(2)7-4-3-6(10-7)5-9-8/h6-7,9-10H,3-5H2,1-2H3. The highest BCUT2D eigenvalue weighted by atomic mass is 15.2. The predicted molar refractivity (Wildman–Crippen MR) is 42.0 cm³/mol. The highest BCUT2D eigenvalue weighted by molar-refractivity contribution is 5.03. The Hall–Kier alpha value is -0.0800. The summed E-state index contributed by atoms with van der Waals surface area (Å²) in [6.07, 6.45) is 2.71. The van der Waals surface area contributed by atoms with Crippen LogP contribution in [-0.2, 0) is 0 Å². The van der Waals surface area contributed by atoms with Gasteiger partial charge in [-0.25, -0.2) is 0 Å². The lowest BCUT2D eigenvalue weighted by atomic mass is 9.93. The van der Waals surface area contributed by atoms with Gasteiger partial charge in [-0.3, -0.25) is 0 Å². The molecule has 0 saturated carbocycles. The fourth-order valence-electron chi connectivity index (χ4n) is 2.06. The summed E-state index contributed by atoms with van der Waals surface area (Å²) in [5, 5.41) is 7.18. The van der Waals surface area contributed by atoms with Crippen LogP contribution in [0.25, 0.3) is 0 Å². The van der Waals surface area contributed by atoms with Gasteiger partial charge in [-0.05, 0) is 26.7 Å². The van der Waals surface area contributed by atoms with E-state index in [4.69, 9.17) is 0 Å². The highest BCUT2D eigenvalue weighted by Crippen LogP contribution is 2.25. The summed E-state index contributed by atoms with van der Waals surface area (Å²) in [5.41, 5.74) is 0.326. The molecule has 2 N–H and O–H groups in total. The van der Waals surface area contributed by atoms with Gasteiger partial charge in [-0.1, -0.05) is 0 Å². The molecule has 0 spiro atoms. The molecule has 10 heavy (non-hydrogen) atoms. The number of piperazine rings is 1. The van der Waals surface area contributed by atoms with Crippen LogP contribution >= 0.6 is 0 Å². The van der Waals surface area contributed by atoms with E-state index in [9.17, 15) is 0 Å². The Morgan fingerprint density at radius 3 is 2.80 bits per heavy atom. The summed E-state index contributed by atoms with van der Waals surface area (Å²) >= 11 is 0. The minimum absolute atomic E-state index is 0.326.